The van der Waals surface area contributed by atoms with Gasteiger partial charge in [0.05, 0.1) is 0 Å². The molecule has 56 valence electrons. The molecule has 0 radical (unpaired) electrons. The molecule has 1 rings (SSSR count). The topological polar surface area (TPSA) is 67.7 Å². The van der Waals surface area contributed by atoms with Gasteiger partial charge in [0.15, 0.2) is 0 Å². The number of nitrogens with one attached hydrogen (secondary N) is 1. The van der Waals surface area contributed by atoms with Gasteiger partial charge < -0.3 is 5.73 Å². The van der Waals surface area contributed by atoms with E-state index in [1.54, 1.807) is 24.0 Å². The lowest BCUT2D eigenvalue weighted by Gasteiger charge is -1.86. The van der Waals surface area contributed by atoms with E-state index in [1.807, 2.05) is 0 Å². The smallest absolute Gasteiger partial charge is 0.143 e. The molecule has 0 amide bonds. The van der Waals surface area contributed by atoms with Gasteiger partial charge in [0.2, 0.25) is 0 Å². The summed E-state index contributed by atoms with van der Waals surface area (Å²) in [6, 6.07) is 1.70. The second kappa shape index (κ2) is 3.22. The van der Waals surface area contributed by atoms with Crippen LogP contribution < -0.4 is 5.73 Å². The summed E-state index contributed by atoms with van der Waals surface area (Å²) in [6.07, 6.45) is 1.75. The lowest BCUT2D eigenvalue weighted by molar-refractivity contribution is 0.764. The maximum absolute atomic E-state index is 6.95. The first-order chi connectivity index (χ1) is 4.20. The molecule has 0 aliphatic rings. The van der Waals surface area contributed by atoms with Gasteiger partial charge in [0.25, 0.3) is 0 Å². The van der Waals surface area contributed by atoms with E-state index in [0.29, 0.717) is 5.69 Å². The third-order valence-electron chi connectivity index (χ3n) is 0.990. The molecule has 3 N–H and O–H groups in total. The maximum Gasteiger partial charge on any atom is 0.143 e. The number of hydrogen-bond donors (Lipinski definition) is 2. The van der Waals surface area contributed by atoms with Crippen LogP contribution in [0.25, 0.3) is 0 Å². The van der Waals surface area contributed by atoms with E-state index in [-0.39, 0.29) is 18.2 Å². The van der Waals surface area contributed by atoms with Crippen molar-refractivity contribution in [3.05, 3.63) is 18.0 Å². The third-order valence-corrected chi connectivity index (χ3v) is 0.990. The molecule has 0 unspecified atom stereocenters. The van der Waals surface area contributed by atoms with Crippen LogP contribution in [0.3, 0.4) is 0 Å². The van der Waals surface area contributed by atoms with Crippen LogP contribution in [-0.4, -0.2) is 15.6 Å². The van der Waals surface area contributed by atoms with E-state index in [1.165, 1.54) is 0 Å². The molecule has 5 heteroatoms. The van der Waals surface area contributed by atoms with Crippen molar-refractivity contribution in [1.29, 1.82) is 5.41 Å². The number of rotatable bonds is 1. The molecular formula is C5H9ClN4. The van der Waals surface area contributed by atoms with Crippen LogP contribution >= 0.6 is 12.4 Å². The van der Waals surface area contributed by atoms with Crippen molar-refractivity contribution in [1.82, 2.24) is 9.78 Å². The highest BCUT2D eigenvalue weighted by Crippen LogP contribution is 1.89. The van der Waals surface area contributed by atoms with Gasteiger partial charge in [-0.15, -0.1) is 12.4 Å². The summed E-state index contributed by atoms with van der Waals surface area (Å²) in [4.78, 5) is 0. The largest absolute Gasteiger partial charge is 0.382 e. The number of aryl methyl sites for hydroxylation is 1. The Balaban J connectivity index is 0.000000810. The van der Waals surface area contributed by atoms with Crippen LogP contribution in [0.5, 0.6) is 0 Å². The van der Waals surface area contributed by atoms with Gasteiger partial charge in [-0.2, -0.15) is 5.10 Å². The number of nitrogens with two attached hydrogens (primary N) is 1. The molecule has 1 heterocycles. The molecule has 0 aliphatic heterocycles. The van der Waals surface area contributed by atoms with Crippen molar-refractivity contribution >= 4 is 18.2 Å². The highest BCUT2D eigenvalue weighted by molar-refractivity contribution is 5.92. The average molecular weight is 161 g/mol. The van der Waals surface area contributed by atoms with Gasteiger partial charge in [0, 0.05) is 13.2 Å². The predicted molar refractivity (Wildman–Crippen MR) is 41.5 cm³/mol. The first-order valence-corrected chi connectivity index (χ1v) is 2.54. The Kier molecular flexibility index (Phi) is 2.89. The molecule has 4 nitrogen and oxygen atoms in total. The third kappa shape index (κ3) is 1.73. The van der Waals surface area contributed by atoms with Crippen LogP contribution in [0.15, 0.2) is 12.3 Å². The van der Waals surface area contributed by atoms with E-state index in [4.69, 9.17) is 11.1 Å². The fraction of sp³-hybridized carbons (Fsp3) is 0.200. The minimum Gasteiger partial charge on any atom is -0.382 e. The van der Waals surface area contributed by atoms with Crippen LogP contribution in [-0.2, 0) is 7.05 Å². The minimum atomic E-state index is 0. The number of amidine groups is 1. The Morgan fingerprint density at radius 3 is 2.60 bits per heavy atom. The Hall–Kier alpha value is -1.03. The Bertz CT molecular complexity index is 229. The van der Waals surface area contributed by atoms with Crippen LogP contribution in [0.1, 0.15) is 5.69 Å². The van der Waals surface area contributed by atoms with Crippen molar-refractivity contribution in [2.24, 2.45) is 12.8 Å². The fourth-order valence-corrected chi connectivity index (χ4v) is 0.559. The quantitative estimate of drug-likeness (QED) is 0.453. The van der Waals surface area contributed by atoms with E-state index in [2.05, 4.69) is 5.10 Å². The standard InChI is InChI=1S/C5H8N4.ClH/c1-9-3-2-4(8-9)5(6)7;/h2-3H,1H3,(H3,6,7);1H. The minimum absolute atomic E-state index is 0. The van der Waals surface area contributed by atoms with Crippen molar-refractivity contribution in [3.63, 3.8) is 0 Å². The molecule has 0 fully saturated rings. The number of aromatic nitrogens is 2. The van der Waals surface area contributed by atoms with Crippen LogP contribution in [0.2, 0.25) is 0 Å². The van der Waals surface area contributed by atoms with Gasteiger partial charge in [-0.1, -0.05) is 0 Å². The van der Waals surface area contributed by atoms with E-state index < -0.39 is 0 Å². The molecule has 0 bridgehead atoms. The van der Waals surface area contributed by atoms with Gasteiger partial charge in [-0.25, -0.2) is 0 Å². The van der Waals surface area contributed by atoms with Crippen LogP contribution in [0, 0.1) is 5.41 Å². The predicted octanol–water partition coefficient (Wildman–Crippen LogP) is 0.126. The van der Waals surface area contributed by atoms with Crippen molar-refractivity contribution in [2.45, 2.75) is 0 Å². The van der Waals surface area contributed by atoms with E-state index in [0.717, 1.165) is 0 Å². The summed E-state index contributed by atoms with van der Waals surface area (Å²) < 4.78 is 1.61. The zero-order valence-corrected chi connectivity index (χ0v) is 6.35. The molecule has 0 aromatic carbocycles. The highest BCUT2D eigenvalue weighted by Gasteiger charge is 1.96. The zero-order valence-electron chi connectivity index (χ0n) is 5.53. The Morgan fingerprint density at radius 1 is 1.80 bits per heavy atom. The number of nitrogens with zero attached hydrogens (tertiary/aromatic N) is 2. The summed E-state index contributed by atoms with van der Waals surface area (Å²) in [5.74, 6) is 0.00981. The van der Waals surface area contributed by atoms with Gasteiger partial charge in [-0.3, -0.25) is 10.1 Å². The summed E-state index contributed by atoms with van der Waals surface area (Å²) in [5, 5.41) is 10.8. The normalized spacial score (nSPS) is 8.50. The number of nitrogen functional groups attached to an aromatic ring is 1. The fourth-order valence-electron chi connectivity index (χ4n) is 0.559. The first kappa shape index (κ1) is 8.97. The maximum atomic E-state index is 6.95. The average Bonchev–Trinajstić information content (AvgIpc) is 2.14. The molecular weight excluding hydrogens is 152 g/mol. The molecule has 1 aromatic rings. The summed E-state index contributed by atoms with van der Waals surface area (Å²) in [5.41, 5.74) is 5.66. The number of halogens is 1. The molecule has 10 heavy (non-hydrogen) atoms. The van der Waals surface area contributed by atoms with Gasteiger partial charge in [-0.05, 0) is 6.07 Å². The van der Waals surface area contributed by atoms with Crippen molar-refractivity contribution in [3.8, 4) is 0 Å². The second-order valence-corrected chi connectivity index (χ2v) is 1.79. The molecule has 0 saturated carbocycles. The van der Waals surface area contributed by atoms with Crippen molar-refractivity contribution in [2.75, 3.05) is 0 Å². The zero-order chi connectivity index (χ0) is 6.85. The van der Waals surface area contributed by atoms with E-state index in [9.17, 15) is 0 Å². The van der Waals surface area contributed by atoms with Crippen LogP contribution in [0.4, 0.5) is 0 Å². The summed E-state index contributed by atoms with van der Waals surface area (Å²) in [6.45, 7) is 0. The summed E-state index contributed by atoms with van der Waals surface area (Å²) in [7, 11) is 1.78. The lowest BCUT2D eigenvalue weighted by Crippen LogP contribution is -2.11. The Labute approximate surface area is 64.9 Å². The van der Waals surface area contributed by atoms with Gasteiger partial charge >= 0.3 is 0 Å². The molecule has 0 aliphatic carbocycles. The molecule has 0 saturated heterocycles. The highest BCUT2D eigenvalue weighted by atomic mass is 35.5. The summed E-state index contributed by atoms with van der Waals surface area (Å²) >= 11 is 0. The van der Waals surface area contributed by atoms with Gasteiger partial charge in [0.1, 0.15) is 11.5 Å². The SMILES string of the molecule is Cl.Cn1ccc(C(=N)N)n1. The second-order valence-electron chi connectivity index (χ2n) is 1.79. The number of hydrogen-bond acceptors (Lipinski definition) is 2. The molecule has 0 spiro atoms. The van der Waals surface area contributed by atoms with E-state index >= 15 is 0 Å². The molecule has 0 atom stereocenters. The Morgan fingerprint density at radius 2 is 2.40 bits per heavy atom. The lowest BCUT2D eigenvalue weighted by atomic mass is 10.4. The monoisotopic (exact) mass is 160 g/mol. The first-order valence-electron chi connectivity index (χ1n) is 2.54. The van der Waals surface area contributed by atoms with Crippen molar-refractivity contribution < 1.29 is 0 Å². The molecule has 1 aromatic heterocycles.